The summed E-state index contributed by atoms with van der Waals surface area (Å²) in [6.07, 6.45) is 1.79. The summed E-state index contributed by atoms with van der Waals surface area (Å²) in [5.41, 5.74) is 2.44. The van der Waals surface area contributed by atoms with Crippen molar-refractivity contribution in [1.29, 1.82) is 0 Å². The van der Waals surface area contributed by atoms with Crippen molar-refractivity contribution in [2.45, 2.75) is 13.5 Å². The third-order valence-electron chi connectivity index (χ3n) is 4.92. The lowest BCUT2D eigenvalue weighted by Crippen LogP contribution is -2.06. The van der Waals surface area contributed by atoms with E-state index in [2.05, 4.69) is 4.98 Å². The van der Waals surface area contributed by atoms with Crippen LogP contribution in [-0.4, -0.2) is 20.6 Å². The lowest BCUT2D eigenvalue weighted by Gasteiger charge is -2.16. The van der Waals surface area contributed by atoms with Crippen molar-refractivity contribution in [2.75, 3.05) is 0 Å². The molecule has 1 N–H and O–H groups in total. The van der Waals surface area contributed by atoms with Crippen molar-refractivity contribution in [2.24, 2.45) is 0 Å². The molecule has 0 spiro atoms. The Balaban J connectivity index is 1.78. The largest absolute Gasteiger partial charge is 0.488 e. The highest BCUT2D eigenvalue weighted by Crippen LogP contribution is 2.37. The molecule has 162 valence electrons. The SMILES string of the molecule is Cc1ccn(-c2cccc(C(=O)O)n2)c1-c1cc(Cl)ccc1OCc1c(F)cccc1Cl. The Labute approximate surface area is 193 Å². The normalized spacial score (nSPS) is 10.9. The Morgan fingerprint density at radius 2 is 1.91 bits per heavy atom. The number of halogens is 3. The molecule has 32 heavy (non-hydrogen) atoms. The number of hydrogen-bond acceptors (Lipinski definition) is 3. The van der Waals surface area contributed by atoms with Crippen LogP contribution in [0.5, 0.6) is 5.75 Å². The summed E-state index contributed by atoms with van der Waals surface area (Å²) in [4.78, 5) is 15.6. The zero-order chi connectivity index (χ0) is 22.8. The van der Waals surface area contributed by atoms with Crippen molar-refractivity contribution in [1.82, 2.24) is 9.55 Å². The van der Waals surface area contributed by atoms with Crippen molar-refractivity contribution in [3.05, 3.63) is 99.5 Å². The summed E-state index contributed by atoms with van der Waals surface area (Å²) in [5, 5.41) is 10.1. The molecule has 0 bridgehead atoms. The fourth-order valence-corrected chi connectivity index (χ4v) is 3.76. The number of aryl methyl sites for hydroxylation is 1. The van der Waals surface area contributed by atoms with Crippen LogP contribution in [0.15, 0.2) is 66.9 Å². The number of aromatic carboxylic acids is 1. The van der Waals surface area contributed by atoms with Gasteiger partial charge in [-0.3, -0.25) is 0 Å². The van der Waals surface area contributed by atoms with Gasteiger partial charge in [0.15, 0.2) is 5.69 Å². The molecule has 0 unspecified atom stereocenters. The fraction of sp³-hybridized carbons (Fsp3) is 0.0833. The summed E-state index contributed by atoms with van der Waals surface area (Å²) < 4.78 is 21.9. The second-order valence-electron chi connectivity index (χ2n) is 7.03. The molecule has 0 aliphatic heterocycles. The first-order chi connectivity index (χ1) is 15.3. The van der Waals surface area contributed by atoms with Crippen LogP contribution >= 0.6 is 23.2 Å². The highest BCUT2D eigenvalue weighted by molar-refractivity contribution is 6.31. The topological polar surface area (TPSA) is 64.4 Å². The smallest absolute Gasteiger partial charge is 0.354 e. The standard InChI is InChI=1S/C24H17Cl2FN2O3/c1-14-10-11-29(22-7-3-6-20(28-22)24(30)31)23(14)16-12-15(25)8-9-21(16)32-13-17-18(26)4-2-5-19(17)27/h2-12H,13H2,1H3,(H,30,31). The number of hydrogen-bond donors (Lipinski definition) is 1. The summed E-state index contributed by atoms with van der Waals surface area (Å²) in [7, 11) is 0. The number of carbonyl (C=O) groups is 1. The lowest BCUT2D eigenvalue weighted by molar-refractivity contribution is 0.0690. The van der Waals surface area contributed by atoms with Crippen LogP contribution in [0.1, 0.15) is 21.6 Å². The van der Waals surface area contributed by atoms with Gasteiger partial charge in [-0.2, -0.15) is 0 Å². The van der Waals surface area contributed by atoms with Gasteiger partial charge >= 0.3 is 5.97 Å². The van der Waals surface area contributed by atoms with E-state index in [1.165, 1.54) is 18.2 Å². The van der Waals surface area contributed by atoms with E-state index >= 15 is 0 Å². The number of nitrogens with zero attached hydrogens (tertiary/aromatic N) is 2. The average Bonchev–Trinajstić information content (AvgIpc) is 3.15. The second-order valence-corrected chi connectivity index (χ2v) is 7.88. The van der Waals surface area contributed by atoms with E-state index in [1.807, 2.05) is 13.0 Å². The minimum atomic E-state index is -1.12. The van der Waals surface area contributed by atoms with Gasteiger partial charge in [-0.05, 0) is 61.0 Å². The lowest BCUT2D eigenvalue weighted by atomic mass is 10.1. The molecule has 2 heterocycles. The third-order valence-corrected chi connectivity index (χ3v) is 5.51. The maximum atomic E-state index is 14.2. The Hall–Kier alpha value is -3.35. The van der Waals surface area contributed by atoms with Crippen LogP contribution in [0.2, 0.25) is 10.0 Å². The molecule has 8 heteroatoms. The first kappa shape index (κ1) is 21.9. The first-order valence-corrected chi connectivity index (χ1v) is 10.3. The Kier molecular flexibility index (Phi) is 6.17. The highest BCUT2D eigenvalue weighted by Gasteiger charge is 2.18. The average molecular weight is 471 g/mol. The van der Waals surface area contributed by atoms with Crippen molar-refractivity contribution in [3.8, 4) is 22.8 Å². The first-order valence-electron chi connectivity index (χ1n) is 9.59. The molecule has 0 radical (unpaired) electrons. The molecule has 0 atom stereocenters. The second kappa shape index (κ2) is 9.02. The van der Waals surface area contributed by atoms with Gasteiger partial charge in [0.25, 0.3) is 0 Å². The minimum Gasteiger partial charge on any atom is -0.488 e. The molecule has 5 nitrogen and oxygen atoms in total. The summed E-state index contributed by atoms with van der Waals surface area (Å²) >= 11 is 12.4. The molecular formula is C24H17Cl2FN2O3. The number of ether oxygens (including phenoxy) is 1. The van der Waals surface area contributed by atoms with Gasteiger partial charge in [0.2, 0.25) is 0 Å². The molecule has 2 aromatic heterocycles. The van der Waals surface area contributed by atoms with E-state index in [0.29, 0.717) is 22.2 Å². The predicted octanol–water partition coefficient (Wildman–Crippen LogP) is 6.57. The highest BCUT2D eigenvalue weighted by atomic mass is 35.5. The van der Waals surface area contributed by atoms with Crippen molar-refractivity contribution in [3.63, 3.8) is 0 Å². The fourth-order valence-electron chi connectivity index (χ4n) is 3.37. The number of benzene rings is 2. The quantitative estimate of drug-likeness (QED) is 0.346. The zero-order valence-electron chi connectivity index (χ0n) is 16.8. The molecule has 0 amide bonds. The molecular weight excluding hydrogens is 454 g/mol. The van der Waals surface area contributed by atoms with Crippen LogP contribution in [0, 0.1) is 12.7 Å². The van der Waals surface area contributed by atoms with E-state index in [9.17, 15) is 14.3 Å². The molecule has 0 aliphatic carbocycles. The molecule has 4 rings (SSSR count). The monoisotopic (exact) mass is 470 g/mol. The summed E-state index contributed by atoms with van der Waals surface area (Å²) in [6.45, 7) is 1.83. The van der Waals surface area contributed by atoms with Gasteiger partial charge in [0, 0.05) is 22.3 Å². The van der Waals surface area contributed by atoms with E-state index in [-0.39, 0.29) is 22.9 Å². The number of pyridine rings is 1. The number of carboxylic acids is 1. The summed E-state index contributed by atoms with van der Waals surface area (Å²) in [6, 6.07) is 16.2. The number of aromatic nitrogens is 2. The maximum absolute atomic E-state index is 14.2. The van der Waals surface area contributed by atoms with Crippen LogP contribution in [-0.2, 0) is 6.61 Å². The van der Waals surface area contributed by atoms with Gasteiger partial charge in [0.05, 0.1) is 10.7 Å². The molecule has 0 saturated heterocycles. The molecule has 0 fully saturated rings. The molecule has 0 aliphatic rings. The Morgan fingerprint density at radius 1 is 1.12 bits per heavy atom. The van der Waals surface area contributed by atoms with Gasteiger partial charge in [0.1, 0.15) is 24.0 Å². The predicted molar refractivity (Wildman–Crippen MR) is 121 cm³/mol. The van der Waals surface area contributed by atoms with Crippen LogP contribution in [0.4, 0.5) is 4.39 Å². The number of rotatable bonds is 6. The van der Waals surface area contributed by atoms with Gasteiger partial charge in [-0.1, -0.05) is 35.3 Å². The Morgan fingerprint density at radius 3 is 2.66 bits per heavy atom. The number of carboxylic acid groups (broad SMARTS) is 1. The van der Waals surface area contributed by atoms with Gasteiger partial charge < -0.3 is 14.4 Å². The zero-order valence-corrected chi connectivity index (χ0v) is 18.4. The minimum absolute atomic E-state index is 0.0726. The van der Waals surface area contributed by atoms with Crippen LogP contribution in [0.25, 0.3) is 17.1 Å². The molecule has 0 saturated carbocycles. The van der Waals surface area contributed by atoms with E-state index in [4.69, 9.17) is 27.9 Å². The molecule has 4 aromatic rings. The van der Waals surface area contributed by atoms with E-state index in [1.54, 1.807) is 47.2 Å². The Bertz CT molecular complexity index is 1300. The summed E-state index contributed by atoms with van der Waals surface area (Å²) in [5.74, 6) is -0.685. The van der Waals surface area contributed by atoms with Crippen LogP contribution in [0.3, 0.4) is 0 Å². The van der Waals surface area contributed by atoms with Crippen LogP contribution < -0.4 is 4.74 Å². The van der Waals surface area contributed by atoms with Crippen molar-refractivity contribution >= 4 is 29.2 Å². The maximum Gasteiger partial charge on any atom is 0.354 e. The van der Waals surface area contributed by atoms with E-state index in [0.717, 1.165) is 11.3 Å². The molecule has 2 aromatic carbocycles. The van der Waals surface area contributed by atoms with Gasteiger partial charge in [-0.15, -0.1) is 0 Å². The van der Waals surface area contributed by atoms with Crippen molar-refractivity contribution < 1.29 is 19.0 Å². The van der Waals surface area contributed by atoms with Gasteiger partial charge in [-0.25, -0.2) is 14.2 Å². The third kappa shape index (κ3) is 4.33. The van der Waals surface area contributed by atoms with E-state index < -0.39 is 11.8 Å².